The molecule has 0 aromatic carbocycles. The molecule has 10 heteroatoms. The fourth-order valence-corrected chi connectivity index (χ4v) is 4.54. The van der Waals surface area contributed by atoms with Crippen LogP contribution in [0.1, 0.15) is 24.8 Å². The summed E-state index contributed by atoms with van der Waals surface area (Å²) >= 11 is 1.76. The van der Waals surface area contributed by atoms with Crippen LogP contribution in [0.5, 0.6) is 0 Å². The van der Waals surface area contributed by atoms with Gasteiger partial charge in [0, 0.05) is 44.7 Å². The van der Waals surface area contributed by atoms with Crippen LogP contribution < -0.4 is 10.6 Å². The number of anilines is 1. The Labute approximate surface area is 173 Å². The Kier molecular flexibility index (Phi) is 7.64. The van der Waals surface area contributed by atoms with Crippen molar-refractivity contribution in [2.45, 2.75) is 31.5 Å². The molecule has 0 radical (unpaired) electrons. The summed E-state index contributed by atoms with van der Waals surface area (Å²) in [4.78, 5) is 22.4. The molecule has 2 aliphatic rings. The first-order valence-corrected chi connectivity index (χ1v) is 11.1. The third kappa shape index (κ3) is 6.23. The number of unbranched alkanes of at least 4 members (excludes halogenated alkanes) is 1. The molecule has 0 bridgehead atoms. The van der Waals surface area contributed by atoms with Crippen LogP contribution in [-0.4, -0.2) is 77.6 Å². The highest BCUT2D eigenvalue weighted by Gasteiger charge is 2.31. The van der Waals surface area contributed by atoms with Gasteiger partial charge in [0.1, 0.15) is 5.82 Å². The average molecular weight is 432 g/mol. The molecular weight excluding hydrogens is 403 g/mol. The van der Waals surface area contributed by atoms with Crippen molar-refractivity contribution in [3.63, 3.8) is 0 Å². The van der Waals surface area contributed by atoms with Gasteiger partial charge in [-0.2, -0.15) is 13.2 Å². The van der Waals surface area contributed by atoms with E-state index in [1.807, 2.05) is 9.80 Å². The summed E-state index contributed by atoms with van der Waals surface area (Å²) in [5.41, 5.74) is 5.32. The minimum absolute atomic E-state index is 0.0626. The number of thioether (sulfide) groups is 1. The van der Waals surface area contributed by atoms with E-state index in [-0.39, 0.29) is 5.91 Å². The first-order valence-electron chi connectivity index (χ1n) is 9.97. The molecule has 3 heterocycles. The number of hydrogen-bond acceptors (Lipinski definition) is 6. The zero-order valence-corrected chi connectivity index (χ0v) is 17.2. The Morgan fingerprint density at radius 3 is 2.52 bits per heavy atom. The Bertz CT molecular complexity index is 659. The molecule has 162 valence electrons. The molecule has 0 saturated carbocycles. The van der Waals surface area contributed by atoms with Gasteiger partial charge in [0.2, 0.25) is 5.91 Å². The van der Waals surface area contributed by atoms with Gasteiger partial charge in [-0.3, -0.25) is 9.69 Å². The van der Waals surface area contributed by atoms with E-state index in [4.69, 9.17) is 5.73 Å². The molecular formula is C19H28F3N5OS. The maximum Gasteiger partial charge on any atom is 0.417 e. The first-order chi connectivity index (χ1) is 13.8. The van der Waals surface area contributed by atoms with E-state index >= 15 is 0 Å². The minimum atomic E-state index is -4.36. The van der Waals surface area contributed by atoms with Crippen molar-refractivity contribution < 1.29 is 18.0 Å². The van der Waals surface area contributed by atoms with Crippen molar-refractivity contribution >= 4 is 23.5 Å². The molecule has 6 nitrogen and oxygen atoms in total. The normalized spacial score (nSPS) is 19.6. The lowest BCUT2D eigenvalue weighted by Gasteiger charge is -2.35. The van der Waals surface area contributed by atoms with E-state index in [0.717, 1.165) is 76.0 Å². The third-order valence-electron chi connectivity index (χ3n) is 5.39. The van der Waals surface area contributed by atoms with Gasteiger partial charge in [0.25, 0.3) is 0 Å². The van der Waals surface area contributed by atoms with Crippen LogP contribution in [0.2, 0.25) is 0 Å². The Morgan fingerprint density at radius 1 is 1.17 bits per heavy atom. The summed E-state index contributed by atoms with van der Waals surface area (Å²) in [7, 11) is 0. The number of alkyl halides is 3. The van der Waals surface area contributed by atoms with Crippen LogP contribution in [0.25, 0.3) is 0 Å². The van der Waals surface area contributed by atoms with Crippen LogP contribution in [0.15, 0.2) is 18.3 Å². The second-order valence-electron chi connectivity index (χ2n) is 7.47. The Hall–Kier alpha value is -1.52. The van der Waals surface area contributed by atoms with E-state index in [1.165, 1.54) is 6.07 Å². The van der Waals surface area contributed by atoms with Crippen molar-refractivity contribution in [1.29, 1.82) is 0 Å². The van der Waals surface area contributed by atoms with E-state index in [2.05, 4.69) is 9.88 Å². The van der Waals surface area contributed by atoms with Gasteiger partial charge in [0.15, 0.2) is 0 Å². The maximum absolute atomic E-state index is 12.6. The molecule has 0 spiro atoms. The maximum atomic E-state index is 12.6. The van der Waals surface area contributed by atoms with Gasteiger partial charge in [-0.25, -0.2) is 4.98 Å². The van der Waals surface area contributed by atoms with E-state index in [0.29, 0.717) is 12.2 Å². The lowest BCUT2D eigenvalue weighted by atomic mass is 10.1. The van der Waals surface area contributed by atoms with Crippen LogP contribution >= 0.6 is 11.8 Å². The van der Waals surface area contributed by atoms with Crippen molar-refractivity contribution in [3.05, 3.63) is 23.9 Å². The number of nitrogens with zero attached hydrogens (tertiary/aromatic N) is 4. The SMILES string of the molecule is NC(CCCCN1CCN(c2ccc(C(F)(F)F)cn2)CC1)C(=O)N1CCSC1. The van der Waals surface area contributed by atoms with E-state index in [1.54, 1.807) is 11.8 Å². The zero-order valence-electron chi connectivity index (χ0n) is 16.4. The Balaban J connectivity index is 1.33. The van der Waals surface area contributed by atoms with Crippen LogP contribution in [0, 0.1) is 0 Å². The summed E-state index contributed by atoms with van der Waals surface area (Å²) < 4.78 is 37.9. The third-order valence-corrected chi connectivity index (χ3v) is 6.36. The second kappa shape index (κ2) is 9.99. The zero-order chi connectivity index (χ0) is 20.9. The monoisotopic (exact) mass is 431 g/mol. The van der Waals surface area contributed by atoms with E-state index < -0.39 is 17.8 Å². The smallest absolute Gasteiger partial charge is 0.354 e. The summed E-state index contributed by atoms with van der Waals surface area (Å²) in [5.74, 6) is 2.40. The van der Waals surface area contributed by atoms with Gasteiger partial charge in [0.05, 0.1) is 17.5 Å². The standard InChI is InChI=1S/C19H28F3N5OS/c20-19(21,22)15-4-5-17(24-13-15)26-9-7-25(8-10-26)6-2-1-3-16(23)18(28)27-11-12-29-14-27/h4-5,13,16H,1-3,6-12,14,23H2. The molecule has 2 fully saturated rings. The molecule has 2 N–H and O–H groups in total. The van der Waals surface area contributed by atoms with Gasteiger partial charge in [-0.05, 0) is 31.5 Å². The highest BCUT2D eigenvalue weighted by atomic mass is 32.2. The predicted octanol–water partition coefficient (Wildman–Crippen LogP) is 2.25. The molecule has 0 aliphatic carbocycles. The Morgan fingerprint density at radius 2 is 1.93 bits per heavy atom. The van der Waals surface area contributed by atoms with Gasteiger partial charge < -0.3 is 15.5 Å². The average Bonchev–Trinajstić information content (AvgIpc) is 3.25. The minimum Gasteiger partial charge on any atom is -0.354 e. The molecule has 1 amide bonds. The highest BCUT2D eigenvalue weighted by molar-refractivity contribution is 7.99. The fourth-order valence-electron chi connectivity index (χ4n) is 3.59. The summed E-state index contributed by atoms with van der Waals surface area (Å²) in [5, 5.41) is 0. The quantitative estimate of drug-likeness (QED) is 0.668. The molecule has 1 atom stereocenters. The number of rotatable bonds is 7. The second-order valence-corrected chi connectivity index (χ2v) is 8.55. The van der Waals surface area contributed by atoms with Gasteiger partial charge >= 0.3 is 6.18 Å². The predicted molar refractivity (Wildman–Crippen MR) is 109 cm³/mol. The molecule has 1 unspecified atom stereocenters. The van der Waals surface area contributed by atoms with Crippen molar-refractivity contribution in [2.75, 3.05) is 55.8 Å². The number of hydrogen-bond donors (Lipinski definition) is 1. The number of nitrogens with two attached hydrogens (primary N) is 1. The van der Waals surface area contributed by atoms with Crippen LogP contribution in [0.3, 0.4) is 0 Å². The topological polar surface area (TPSA) is 65.7 Å². The van der Waals surface area contributed by atoms with Gasteiger partial charge in [-0.1, -0.05) is 6.42 Å². The summed E-state index contributed by atoms with van der Waals surface area (Å²) in [6.07, 6.45) is -0.865. The highest BCUT2D eigenvalue weighted by Crippen LogP contribution is 2.29. The number of halogens is 3. The largest absolute Gasteiger partial charge is 0.417 e. The molecule has 2 saturated heterocycles. The van der Waals surface area contributed by atoms with Gasteiger partial charge in [-0.15, -0.1) is 11.8 Å². The molecule has 2 aliphatic heterocycles. The molecule has 1 aromatic rings. The number of carbonyl (C=O) groups is 1. The first kappa shape index (κ1) is 22.2. The number of pyridine rings is 1. The van der Waals surface area contributed by atoms with Crippen molar-refractivity contribution in [2.24, 2.45) is 5.73 Å². The molecule has 1 aromatic heterocycles. The lowest BCUT2D eigenvalue weighted by molar-refractivity contribution is -0.137. The number of piperazine rings is 1. The lowest BCUT2D eigenvalue weighted by Crippen LogP contribution is -2.47. The molecule has 3 rings (SSSR count). The fraction of sp³-hybridized carbons (Fsp3) is 0.684. The number of carbonyl (C=O) groups excluding carboxylic acids is 1. The van der Waals surface area contributed by atoms with Crippen molar-refractivity contribution in [3.8, 4) is 0 Å². The van der Waals surface area contributed by atoms with Crippen LogP contribution in [-0.2, 0) is 11.0 Å². The van der Waals surface area contributed by atoms with E-state index in [9.17, 15) is 18.0 Å². The van der Waals surface area contributed by atoms with Crippen molar-refractivity contribution in [1.82, 2.24) is 14.8 Å². The number of aromatic nitrogens is 1. The summed E-state index contributed by atoms with van der Waals surface area (Å²) in [6.45, 7) is 4.91. The molecule has 29 heavy (non-hydrogen) atoms. The van der Waals surface area contributed by atoms with Crippen LogP contribution in [0.4, 0.5) is 19.0 Å². The summed E-state index contributed by atoms with van der Waals surface area (Å²) in [6, 6.07) is 2.12. The number of amides is 1.